The van der Waals surface area contributed by atoms with E-state index >= 15 is 0 Å². The van der Waals surface area contributed by atoms with Gasteiger partial charge in [0.05, 0.1) is 18.6 Å². The summed E-state index contributed by atoms with van der Waals surface area (Å²) in [6, 6.07) is 13.6. The molecule has 1 aromatic heterocycles. The third kappa shape index (κ3) is 4.38. The van der Waals surface area contributed by atoms with Crippen LogP contribution in [0.25, 0.3) is 11.4 Å². The third-order valence-corrected chi connectivity index (χ3v) is 6.98. The molecule has 7 heteroatoms. The van der Waals surface area contributed by atoms with Gasteiger partial charge in [-0.3, -0.25) is 4.79 Å². The van der Waals surface area contributed by atoms with Gasteiger partial charge in [-0.1, -0.05) is 30.3 Å². The van der Waals surface area contributed by atoms with E-state index in [1.807, 2.05) is 56.3 Å². The number of carbonyl (C=O) groups is 2. The number of hydrogen-bond acceptors (Lipinski definition) is 7. The number of benzene rings is 2. The molecule has 0 unspecified atom stereocenters. The summed E-state index contributed by atoms with van der Waals surface area (Å²) in [5.41, 5.74) is 3.56. The van der Waals surface area contributed by atoms with Gasteiger partial charge in [-0.15, -0.1) is 0 Å². The van der Waals surface area contributed by atoms with E-state index in [-0.39, 0.29) is 12.4 Å². The van der Waals surface area contributed by atoms with Crippen LogP contribution in [0.1, 0.15) is 58.0 Å². The average molecular weight is 472 g/mol. The Hall–Kier alpha value is -3.74. The first-order valence-electron chi connectivity index (χ1n) is 12.1. The van der Waals surface area contributed by atoms with E-state index in [1.165, 1.54) is 0 Å². The first-order chi connectivity index (χ1) is 16.9. The lowest BCUT2D eigenvalue weighted by Crippen LogP contribution is -2.51. The minimum Gasteiger partial charge on any atom is -0.486 e. The molecule has 0 bridgehead atoms. The minimum absolute atomic E-state index is 0.128. The van der Waals surface area contributed by atoms with Crippen molar-refractivity contribution in [2.75, 3.05) is 24.6 Å². The summed E-state index contributed by atoms with van der Waals surface area (Å²) >= 11 is 0. The van der Waals surface area contributed by atoms with E-state index in [1.54, 1.807) is 13.1 Å². The zero-order chi connectivity index (χ0) is 24.6. The monoisotopic (exact) mass is 471 g/mol. The van der Waals surface area contributed by atoms with Gasteiger partial charge >= 0.3 is 5.97 Å². The number of carbonyl (C=O) groups excluding carboxylic acids is 2. The fraction of sp³-hybridized carbons (Fsp3) is 0.357. The second-order valence-electron chi connectivity index (χ2n) is 9.32. The Bertz CT molecular complexity index is 1280. The van der Waals surface area contributed by atoms with E-state index in [0.717, 1.165) is 16.7 Å². The smallest absolute Gasteiger partial charge is 0.343 e. The van der Waals surface area contributed by atoms with E-state index in [9.17, 15) is 9.59 Å². The summed E-state index contributed by atoms with van der Waals surface area (Å²) in [6.07, 6.45) is 3.21. The Morgan fingerprint density at radius 3 is 2.54 bits per heavy atom. The molecule has 0 saturated carbocycles. The molecule has 7 nitrogen and oxygen atoms in total. The number of rotatable bonds is 4. The fourth-order valence-corrected chi connectivity index (χ4v) is 4.85. The van der Waals surface area contributed by atoms with Gasteiger partial charge in [0.15, 0.2) is 11.6 Å². The zero-order valence-electron chi connectivity index (χ0n) is 20.3. The largest absolute Gasteiger partial charge is 0.486 e. The Kier molecular flexibility index (Phi) is 6.01. The van der Waals surface area contributed by atoms with Crippen LogP contribution in [0.2, 0.25) is 0 Å². The molecule has 3 aromatic rings. The maximum Gasteiger partial charge on any atom is 0.343 e. The Morgan fingerprint density at radius 2 is 1.83 bits per heavy atom. The van der Waals surface area contributed by atoms with Crippen molar-refractivity contribution in [2.24, 2.45) is 0 Å². The van der Waals surface area contributed by atoms with Gasteiger partial charge in [-0.05, 0) is 44.0 Å². The molecule has 0 amide bonds. The summed E-state index contributed by atoms with van der Waals surface area (Å²) < 4.78 is 11.8. The highest BCUT2D eigenvalue weighted by Crippen LogP contribution is 2.41. The Labute approximate surface area is 205 Å². The molecule has 2 aromatic carbocycles. The highest BCUT2D eigenvalue weighted by atomic mass is 16.5. The number of piperidine rings is 1. The maximum atomic E-state index is 13.0. The highest BCUT2D eigenvalue weighted by molar-refractivity contribution is 6.00. The molecule has 2 aliphatic rings. The lowest BCUT2D eigenvalue weighted by Gasteiger charge is -2.44. The molecule has 35 heavy (non-hydrogen) atoms. The number of nitrogens with zero attached hydrogens (tertiary/aromatic N) is 3. The summed E-state index contributed by atoms with van der Waals surface area (Å²) in [7, 11) is 0. The molecule has 0 N–H and O–H groups in total. The number of esters is 1. The fourth-order valence-electron chi connectivity index (χ4n) is 4.85. The van der Waals surface area contributed by atoms with Crippen LogP contribution >= 0.6 is 0 Å². The molecule has 1 spiro atoms. The van der Waals surface area contributed by atoms with E-state index < -0.39 is 11.6 Å². The van der Waals surface area contributed by atoms with Crippen molar-refractivity contribution in [1.82, 2.24) is 9.97 Å². The molecule has 3 heterocycles. The first-order valence-corrected chi connectivity index (χ1v) is 12.1. The normalized spacial score (nSPS) is 16.5. The third-order valence-electron chi connectivity index (χ3n) is 6.98. The number of anilines is 1. The van der Waals surface area contributed by atoms with Crippen LogP contribution < -0.4 is 9.64 Å². The van der Waals surface area contributed by atoms with Crippen molar-refractivity contribution in [2.45, 2.75) is 45.6 Å². The SMILES string of the molecule is CCOC(=O)c1cnc(-c2ccccc2)nc1N1CCC2(CC1)CC(=O)c1cc(C)c(C)cc1O2. The first kappa shape index (κ1) is 23.0. The van der Waals surface area contributed by atoms with Crippen LogP contribution in [-0.2, 0) is 4.74 Å². The number of Topliss-reactive ketones (excluding diaryl/α,β-unsaturated/α-hetero) is 1. The molecule has 0 radical (unpaired) electrons. The van der Waals surface area contributed by atoms with Crippen LogP contribution in [0, 0.1) is 13.8 Å². The molecular weight excluding hydrogens is 442 g/mol. The topological polar surface area (TPSA) is 81.6 Å². The molecular formula is C28H29N3O4. The number of fused-ring (bicyclic) bond motifs is 1. The van der Waals surface area contributed by atoms with Gasteiger partial charge in [0.2, 0.25) is 0 Å². The molecule has 1 saturated heterocycles. The predicted molar refractivity (Wildman–Crippen MR) is 133 cm³/mol. The van der Waals surface area contributed by atoms with E-state index in [4.69, 9.17) is 14.5 Å². The molecule has 5 rings (SSSR count). The summed E-state index contributed by atoms with van der Waals surface area (Å²) in [5, 5.41) is 0. The van der Waals surface area contributed by atoms with Crippen LogP contribution in [0.15, 0.2) is 48.7 Å². The molecule has 0 atom stereocenters. The molecule has 2 aliphatic heterocycles. The van der Waals surface area contributed by atoms with E-state index in [2.05, 4.69) is 9.88 Å². The molecule has 180 valence electrons. The van der Waals surface area contributed by atoms with Gasteiger partial charge in [0.25, 0.3) is 0 Å². The average Bonchev–Trinajstić information content (AvgIpc) is 2.86. The maximum absolute atomic E-state index is 13.0. The second kappa shape index (κ2) is 9.13. The van der Waals surface area contributed by atoms with Gasteiger partial charge in [-0.25, -0.2) is 14.8 Å². The predicted octanol–water partition coefficient (Wildman–Crippen LogP) is 4.94. The number of ketones is 1. The number of hydrogen-bond donors (Lipinski definition) is 0. The van der Waals surface area contributed by atoms with Crippen molar-refractivity contribution in [3.63, 3.8) is 0 Å². The van der Waals surface area contributed by atoms with Gasteiger partial charge in [0, 0.05) is 37.7 Å². The van der Waals surface area contributed by atoms with Crippen LogP contribution in [0.4, 0.5) is 5.82 Å². The second-order valence-corrected chi connectivity index (χ2v) is 9.32. The molecule has 1 fully saturated rings. The molecule has 0 aliphatic carbocycles. The number of ether oxygens (including phenoxy) is 2. The number of aromatic nitrogens is 2. The van der Waals surface area contributed by atoms with Gasteiger partial charge < -0.3 is 14.4 Å². The van der Waals surface area contributed by atoms with Crippen LogP contribution in [0.5, 0.6) is 5.75 Å². The lowest BCUT2D eigenvalue weighted by atomic mass is 9.82. The van der Waals surface area contributed by atoms with Crippen LogP contribution in [-0.4, -0.2) is 47.0 Å². The zero-order valence-corrected chi connectivity index (χ0v) is 20.3. The van der Waals surface area contributed by atoms with Crippen molar-refractivity contribution in [3.05, 3.63) is 70.9 Å². The summed E-state index contributed by atoms with van der Waals surface area (Å²) in [4.78, 5) is 37.0. The summed E-state index contributed by atoms with van der Waals surface area (Å²) in [6.45, 7) is 7.30. The van der Waals surface area contributed by atoms with Gasteiger partial charge in [0.1, 0.15) is 22.7 Å². The number of aryl methyl sites for hydroxylation is 2. The van der Waals surface area contributed by atoms with E-state index in [0.29, 0.717) is 60.9 Å². The highest BCUT2D eigenvalue weighted by Gasteiger charge is 2.43. The summed E-state index contributed by atoms with van der Waals surface area (Å²) in [5.74, 6) is 1.48. The van der Waals surface area contributed by atoms with Crippen molar-refractivity contribution < 1.29 is 19.1 Å². The van der Waals surface area contributed by atoms with Crippen molar-refractivity contribution in [1.29, 1.82) is 0 Å². The van der Waals surface area contributed by atoms with Crippen molar-refractivity contribution >= 4 is 17.6 Å². The minimum atomic E-state index is -0.540. The Balaban J connectivity index is 1.42. The van der Waals surface area contributed by atoms with Crippen LogP contribution in [0.3, 0.4) is 0 Å². The lowest BCUT2D eigenvalue weighted by molar-refractivity contribution is 0.0230. The van der Waals surface area contributed by atoms with Gasteiger partial charge in [-0.2, -0.15) is 0 Å². The quantitative estimate of drug-likeness (QED) is 0.499. The van der Waals surface area contributed by atoms with Crippen molar-refractivity contribution in [3.8, 4) is 17.1 Å². The Morgan fingerprint density at radius 1 is 1.11 bits per heavy atom. The standard InChI is InChI=1S/C28H29N3O4/c1-4-34-27(33)22-17-29-25(20-8-6-5-7-9-20)30-26(22)31-12-10-28(11-13-31)16-23(32)21-14-18(2)19(3)15-24(21)35-28/h5-9,14-15,17H,4,10-13,16H2,1-3H3.